The van der Waals surface area contributed by atoms with Gasteiger partial charge in [-0.1, -0.05) is 0 Å². The Bertz CT molecular complexity index is 15.7. The predicted octanol–water partition coefficient (Wildman–Crippen LogP) is -1.29. The zero-order chi connectivity index (χ0) is 0. The van der Waals surface area contributed by atoms with Gasteiger partial charge in [0.25, 0.3) is 0 Å². The average Bonchev–Trinajstić information content (AvgIpc) is 0. The molecule has 0 aromatic heterocycles. The van der Waals surface area contributed by atoms with Gasteiger partial charge in [0.1, 0.15) is 0 Å². The molecule has 2 N–H and O–H groups in total. The molecule has 20 valence electrons. The first-order chi connectivity index (χ1) is 0. The summed E-state index contributed by atoms with van der Waals surface area (Å²) in [6.45, 7) is 0. The second-order valence-corrected chi connectivity index (χ2v) is 0. The molecule has 0 aromatic carbocycles. The standard InChI is InChI=1S/2Ca.Mg.H2O.6H/h;;;1H2;;;;;;/q3*+2;;6*-1. The molecule has 0 aliphatic heterocycles. The SMILES string of the molecule is O.[Ca+2].[Ca+2].[H-].[H-].[H-].[H-].[H-].[H-].[Mg+2]. The summed E-state index contributed by atoms with van der Waals surface area (Å²) >= 11 is 0. The van der Waals surface area contributed by atoms with Gasteiger partial charge in [-0.05, 0) is 0 Å². The van der Waals surface area contributed by atoms with Gasteiger partial charge < -0.3 is 14.0 Å². The summed E-state index contributed by atoms with van der Waals surface area (Å²) in [5.74, 6) is 0. The third-order valence-corrected chi connectivity index (χ3v) is 0. The molecule has 0 aromatic rings. The fourth-order valence-electron chi connectivity index (χ4n) is 0. The van der Waals surface area contributed by atoms with E-state index in [1.807, 2.05) is 0 Å². The Morgan fingerprint density at radius 2 is 1.00 bits per heavy atom. The van der Waals surface area contributed by atoms with E-state index in [0.717, 1.165) is 0 Å². The molecule has 0 heterocycles. The quantitative estimate of drug-likeness (QED) is 0.364. The van der Waals surface area contributed by atoms with Crippen LogP contribution in [0.25, 0.3) is 0 Å². The number of hydrogen-bond acceptors (Lipinski definition) is 0. The van der Waals surface area contributed by atoms with E-state index in [0.29, 0.717) is 0 Å². The Hall–Kier alpha value is 3.25. The van der Waals surface area contributed by atoms with Gasteiger partial charge in [-0.2, -0.15) is 0 Å². The largest absolute Gasteiger partial charge is 2.00 e. The molecule has 0 radical (unpaired) electrons. The summed E-state index contributed by atoms with van der Waals surface area (Å²) in [5, 5.41) is 0. The van der Waals surface area contributed by atoms with E-state index < -0.39 is 0 Å². The Morgan fingerprint density at radius 1 is 1.00 bits per heavy atom. The molecule has 4 heavy (non-hydrogen) atoms. The van der Waals surface area contributed by atoms with Crippen LogP contribution in [-0.4, -0.2) is 104 Å². The Labute approximate surface area is 110 Å². The summed E-state index contributed by atoms with van der Waals surface area (Å²) in [6, 6.07) is 0. The third-order valence-electron chi connectivity index (χ3n) is 0. The molecule has 0 bridgehead atoms. The summed E-state index contributed by atoms with van der Waals surface area (Å²) < 4.78 is 0. The van der Waals surface area contributed by atoms with Crippen LogP contribution < -0.4 is 0 Å². The molecule has 0 aliphatic carbocycles. The first kappa shape index (κ1) is 26.8. The first-order valence-electron chi connectivity index (χ1n) is 0. The van der Waals surface area contributed by atoms with Crippen molar-refractivity contribution in [1.82, 2.24) is 0 Å². The molecule has 1 nitrogen and oxygen atoms in total. The molecule has 0 atom stereocenters. The molecule has 0 fully saturated rings. The number of hydrogen-bond donors (Lipinski definition) is 0. The van der Waals surface area contributed by atoms with Crippen LogP contribution >= 0.6 is 0 Å². The van der Waals surface area contributed by atoms with E-state index in [1.54, 1.807) is 0 Å². The fraction of sp³-hybridized carbons (Fsp3) is 0. The van der Waals surface area contributed by atoms with Crippen LogP contribution in [0.2, 0.25) is 0 Å². The van der Waals surface area contributed by atoms with Crippen LogP contribution in [0.1, 0.15) is 8.56 Å². The van der Waals surface area contributed by atoms with E-state index in [4.69, 9.17) is 0 Å². The van der Waals surface area contributed by atoms with Gasteiger partial charge in [0.2, 0.25) is 0 Å². The van der Waals surface area contributed by atoms with E-state index in [9.17, 15) is 0 Å². The maximum absolute atomic E-state index is 0. The normalized spacial score (nSPS) is 0. The van der Waals surface area contributed by atoms with Crippen LogP contribution in [0.15, 0.2) is 0 Å². The van der Waals surface area contributed by atoms with Crippen molar-refractivity contribution in [3.63, 3.8) is 0 Å². The van der Waals surface area contributed by atoms with E-state index in [-0.39, 0.29) is 113 Å². The van der Waals surface area contributed by atoms with Crippen LogP contribution in [0.3, 0.4) is 0 Å². The van der Waals surface area contributed by atoms with Crippen LogP contribution in [0, 0.1) is 0 Å². The Kier molecular flexibility index (Phi) is 109. The minimum absolute atomic E-state index is 0. The molecule has 0 saturated heterocycles. The minimum atomic E-state index is 0. The monoisotopic (exact) mass is 128 g/mol. The Balaban J connectivity index is 0. The molecule has 0 unspecified atom stereocenters. The number of rotatable bonds is 0. The smallest absolute Gasteiger partial charge is 1.00 e. The van der Waals surface area contributed by atoms with Gasteiger partial charge in [-0.25, -0.2) is 0 Å². The molecule has 0 aliphatic rings. The van der Waals surface area contributed by atoms with Gasteiger partial charge in [0, 0.05) is 0 Å². The molecule has 0 saturated carbocycles. The summed E-state index contributed by atoms with van der Waals surface area (Å²) in [7, 11) is 0. The van der Waals surface area contributed by atoms with Crippen LogP contribution in [0.5, 0.6) is 0 Å². The predicted molar refractivity (Wildman–Crippen MR) is 27.5 cm³/mol. The van der Waals surface area contributed by atoms with Crippen molar-refractivity contribution in [2.75, 3.05) is 0 Å². The average molecular weight is 129 g/mol. The van der Waals surface area contributed by atoms with Gasteiger partial charge in [-0.3, -0.25) is 0 Å². The van der Waals surface area contributed by atoms with Gasteiger partial charge >= 0.3 is 98.5 Å². The van der Waals surface area contributed by atoms with Crippen molar-refractivity contribution < 1.29 is 14.0 Å². The van der Waals surface area contributed by atoms with Crippen molar-refractivity contribution in [3.05, 3.63) is 0 Å². The summed E-state index contributed by atoms with van der Waals surface area (Å²) in [5.41, 5.74) is 0. The fourth-order valence-corrected chi connectivity index (χ4v) is 0. The molecular formula is H8Ca2MgO. The third kappa shape index (κ3) is 8.98. The molecule has 0 spiro atoms. The van der Waals surface area contributed by atoms with Gasteiger partial charge in [0.15, 0.2) is 0 Å². The molecule has 0 amide bonds. The van der Waals surface area contributed by atoms with Crippen molar-refractivity contribution in [3.8, 4) is 0 Å². The summed E-state index contributed by atoms with van der Waals surface area (Å²) in [4.78, 5) is 0. The maximum Gasteiger partial charge on any atom is 2.00 e. The van der Waals surface area contributed by atoms with Gasteiger partial charge in [0.05, 0.1) is 0 Å². The zero-order valence-electron chi connectivity index (χ0n) is 8.62. The molecular weight excluding hydrogens is 120 g/mol. The van der Waals surface area contributed by atoms with Crippen molar-refractivity contribution in [1.29, 1.82) is 0 Å². The van der Waals surface area contributed by atoms with Gasteiger partial charge in [-0.15, -0.1) is 0 Å². The zero-order valence-corrected chi connectivity index (χ0v) is 8.45. The topological polar surface area (TPSA) is 31.5 Å². The van der Waals surface area contributed by atoms with E-state index in [1.165, 1.54) is 0 Å². The van der Waals surface area contributed by atoms with E-state index >= 15 is 0 Å². The summed E-state index contributed by atoms with van der Waals surface area (Å²) in [6.07, 6.45) is 0. The second-order valence-electron chi connectivity index (χ2n) is 0. The van der Waals surface area contributed by atoms with Crippen molar-refractivity contribution in [2.45, 2.75) is 0 Å². The molecule has 4 heteroatoms. The maximum atomic E-state index is 0. The minimum Gasteiger partial charge on any atom is -1.00 e. The first-order valence-corrected chi connectivity index (χ1v) is 0. The van der Waals surface area contributed by atoms with Crippen LogP contribution in [0.4, 0.5) is 0 Å². The second kappa shape index (κ2) is 16.3. The Morgan fingerprint density at radius 3 is 1.00 bits per heavy atom. The molecule has 0 rings (SSSR count). The van der Waals surface area contributed by atoms with E-state index in [2.05, 4.69) is 0 Å². The van der Waals surface area contributed by atoms with Crippen molar-refractivity contribution >= 4 is 98.5 Å². The van der Waals surface area contributed by atoms with Crippen molar-refractivity contribution in [2.24, 2.45) is 0 Å². The van der Waals surface area contributed by atoms with Crippen LogP contribution in [-0.2, 0) is 0 Å².